The first kappa shape index (κ1) is 7.38. The highest BCUT2D eigenvalue weighted by molar-refractivity contribution is 5.48. The molecule has 0 fully saturated rings. The molecule has 52 valence electrons. The van der Waals surface area contributed by atoms with E-state index in [1.807, 2.05) is 19.1 Å². The molecule has 1 nitrogen and oxygen atoms in total. The fourth-order valence-corrected chi connectivity index (χ4v) is 0.876. The third kappa shape index (κ3) is 1.39. The molecule has 0 radical (unpaired) electrons. The summed E-state index contributed by atoms with van der Waals surface area (Å²) in [5.41, 5.74) is 2.30. The molecule has 0 heterocycles. The van der Waals surface area contributed by atoms with Crippen molar-refractivity contribution >= 4 is 0 Å². The van der Waals surface area contributed by atoms with Crippen molar-refractivity contribution in [1.82, 2.24) is 0 Å². The van der Waals surface area contributed by atoms with Crippen molar-refractivity contribution in [2.75, 3.05) is 0 Å². The smallest absolute Gasteiger partial charge is 0.100 e. The Bertz CT molecular complexity index is 350. The predicted octanol–water partition coefficient (Wildman–Crippen LogP) is 1.85. The Morgan fingerprint density at radius 3 is 2.64 bits per heavy atom. The first-order chi connectivity index (χ1) is 5.27. The van der Waals surface area contributed by atoms with Gasteiger partial charge in [0.25, 0.3) is 0 Å². The Kier molecular flexibility index (Phi) is 1.95. The molecule has 1 rings (SSSR count). The minimum absolute atomic E-state index is 0.576. The van der Waals surface area contributed by atoms with Gasteiger partial charge in [-0.3, -0.25) is 0 Å². The lowest BCUT2D eigenvalue weighted by Gasteiger charge is -1.95. The monoisotopic (exact) mass is 141 g/mol. The number of nitriles is 1. The Morgan fingerprint density at radius 1 is 1.36 bits per heavy atom. The van der Waals surface area contributed by atoms with Crippen LogP contribution >= 0.6 is 0 Å². The van der Waals surface area contributed by atoms with E-state index in [1.165, 1.54) is 0 Å². The van der Waals surface area contributed by atoms with Crippen LogP contribution in [0.3, 0.4) is 0 Å². The molecule has 0 unspecified atom stereocenters. The van der Waals surface area contributed by atoms with Crippen LogP contribution in [0.1, 0.15) is 16.7 Å². The van der Waals surface area contributed by atoms with Gasteiger partial charge < -0.3 is 0 Å². The zero-order chi connectivity index (χ0) is 8.27. The predicted molar refractivity (Wildman–Crippen MR) is 43.8 cm³/mol. The molecule has 0 saturated carbocycles. The summed E-state index contributed by atoms with van der Waals surface area (Å²) < 4.78 is 0. The first-order valence-electron chi connectivity index (χ1n) is 3.25. The van der Waals surface area contributed by atoms with Gasteiger partial charge in [0.05, 0.1) is 5.56 Å². The van der Waals surface area contributed by atoms with Gasteiger partial charge in [-0.2, -0.15) is 5.26 Å². The SMILES string of the molecule is C#Cc1ccc(C)cc1C#N. The third-order valence-electron chi connectivity index (χ3n) is 1.45. The zero-order valence-corrected chi connectivity index (χ0v) is 6.26. The van der Waals surface area contributed by atoms with E-state index >= 15 is 0 Å². The van der Waals surface area contributed by atoms with Crippen molar-refractivity contribution < 1.29 is 0 Å². The van der Waals surface area contributed by atoms with Crippen molar-refractivity contribution in [3.63, 3.8) is 0 Å². The van der Waals surface area contributed by atoms with Crippen LogP contribution in [0.5, 0.6) is 0 Å². The summed E-state index contributed by atoms with van der Waals surface area (Å²) in [6, 6.07) is 7.52. The molecule has 0 spiro atoms. The summed E-state index contributed by atoms with van der Waals surface area (Å²) >= 11 is 0. The highest BCUT2D eigenvalue weighted by atomic mass is 14.2. The van der Waals surface area contributed by atoms with Crippen LogP contribution in [0.2, 0.25) is 0 Å². The molecule has 0 aliphatic carbocycles. The van der Waals surface area contributed by atoms with Crippen LogP contribution in [0.15, 0.2) is 18.2 Å². The number of rotatable bonds is 0. The molecule has 0 bridgehead atoms. The number of hydrogen-bond acceptors (Lipinski definition) is 1. The molecule has 0 aliphatic heterocycles. The van der Waals surface area contributed by atoms with Gasteiger partial charge in [-0.25, -0.2) is 0 Å². The third-order valence-corrected chi connectivity index (χ3v) is 1.45. The number of hydrogen-bond donors (Lipinski definition) is 0. The van der Waals surface area contributed by atoms with Crippen molar-refractivity contribution in [3.05, 3.63) is 34.9 Å². The molecular weight excluding hydrogens is 134 g/mol. The Morgan fingerprint density at radius 2 is 2.09 bits per heavy atom. The molecule has 0 aliphatic rings. The minimum Gasteiger partial charge on any atom is -0.192 e. The number of benzene rings is 1. The van der Waals surface area contributed by atoms with Gasteiger partial charge in [-0.1, -0.05) is 12.0 Å². The van der Waals surface area contributed by atoms with E-state index in [1.54, 1.807) is 12.1 Å². The maximum absolute atomic E-state index is 8.63. The van der Waals surface area contributed by atoms with Gasteiger partial charge in [0.2, 0.25) is 0 Å². The summed E-state index contributed by atoms with van der Waals surface area (Å²) in [6.07, 6.45) is 5.18. The lowest BCUT2D eigenvalue weighted by molar-refractivity contribution is 1.40. The van der Waals surface area contributed by atoms with Crippen molar-refractivity contribution in [3.8, 4) is 18.4 Å². The largest absolute Gasteiger partial charge is 0.192 e. The van der Waals surface area contributed by atoms with Crippen LogP contribution in [0, 0.1) is 30.6 Å². The molecule has 1 aromatic rings. The van der Waals surface area contributed by atoms with Gasteiger partial charge >= 0.3 is 0 Å². The van der Waals surface area contributed by atoms with Crippen LogP contribution in [0.4, 0.5) is 0 Å². The van der Waals surface area contributed by atoms with Crippen molar-refractivity contribution in [2.45, 2.75) is 6.92 Å². The molecule has 11 heavy (non-hydrogen) atoms. The molecule has 0 N–H and O–H groups in total. The highest BCUT2D eigenvalue weighted by Gasteiger charge is 1.96. The van der Waals surface area contributed by atoms with E-state index in [9.17, 15) is 0 Å². The highest BCUT2D eigenvalue weighted by Crippen LogP contribution is 2.08. The fraction of sp³-hybridized carbons (Fsp3) is 0.100. The van der Waals surface area contributed by atoms with Gasteiger partial charge in [-0.05, 0) is 24.6 Å². The minimum atomic E-state index is 0.576. The number of nitrogens with zero attached hydrogens (tertiary/aromatic N) is 1. The van der Waals surface area contributed by atoms with E-state index in [0.717, 1.165) is 5.56 Å². The molecule has 1 heteroatoms. The fourth-order valence-electron chi connectivity index (χ4n) is 0.876. The van der Waals surface area contributed by atoms with E-state index in [2.05, 4.69) is 5.92 Å². The summed E-state index contributed by atoms with van der Waals surface area (Å²) in [7, 11) is 0. The molecule has 0 saturated heterocycles. The second-order valence-electron chi connectivity index (χ2n) is 2.31. The first-order valence-corrected chi connectivity index (χ1v) is 3.25. The van der Waals surface area contributed by atoms with Gasteiger partial charge in [0, 0.05) is 5.56 Å². The van der Waals surface area contributed by atoms with Crippen molar-refractivity contribution in [1.29, 1.82) is 5.26 Å². The number of aryl methyl sites for hydroxylation is 1. The summed E-state index contributed by atoms with van der Waals surface area (Å²) in [6.45, 7) is 1.93. The van der Waals surface area contributed by atoms with Crippen LogP contribution < -0.4 is 0 Å². The molecular formula is C10H7N. The molecule has 0 aromatic heterocycles. The normalized spacial score (nSPS) is 8.27. The maximum atomic E-state index is 8.63. The van der Waals surface area contributed by atoms with E-state index in [4.69, 9.17) is 11.7 Å². The molecule has 0 atom stereocenters. The van der Waals surface area contributed by atoms with E-state index < -0.39 is 0 Å². The molecule has 0 amide bonds. The summed E-state index contributed by atoms with van der Waals surface area (Å²) in [5.74, 6) is 2.45. The van der Waals surface area contributed by atoms with Crippen LogP contribution in [-0.2, 0) is 0 Å². The lowest BCUT2D eigenvalue weighted by atomic mass is 10.1. The van der Waals surface area contributed by atoms with Crippen molar-refractivity contribution in [2.24, 2.45) is 0 Å². The van der Waals surface area contributed by atoms with Gasteiger partial charge in [-0.15, -0.1) is 6.42 Å². The van der Waals surface area contributed by atoms with E-state index in [-0.39, 0.29) is 0 Å². The Hall–Kier alpha value is -1.73. The second kappa shape index (κ2) is 2.90. The molecule has 1 aromatic carbocycles. The standard InChI is InChI=1S/C10H7N/c1-3-9-5-4-8(2)6-10(9)7-11/h1,4-6H,2H3. The summed E-state index contributed by atoms with van der Waals surface area (Å²) in [5, 5.41) is 8.63. The van der Waals surface area contributed by atoms with Gasteiger partial charge in [0.15, 0.2) is 0 Å². The maximum Gasteiger partial charge on any atom is 0.100 e. The summed E-state index contributed by atoms with van der Waals surface area (Å²) in [4.78, 5) is 0. The topological polar surface area (TPSA) is 23.8 Å². The van der Waals surface area contributed by atoms with Gasteiger partial charge in [0.1, 0.15) is 6.07 Å². The Labute approximate surface area is 66.3 Å². The average molecular weight is 141 g/mol. The Balaban J connectivity index is 3.34. The van der Waals surface area contributed by atoms with E-state index in [0.29, 0.717) is 11.1 Å². The lowest BCUT2D eigenvalue weighted by Crippen LogP contribution is -1.83. The van der Waals surface area contributed by atoms with Crippen LogP contribution in [-0.4, -0.2) is 0 Å². The second-order valence-corrected chi connectivity index (χ2v) is 2.31. The van der Waals surface area contributed by atoms with Crippen LogP contribution in [0.25, 0.3) is 0 Å². The number of terminal acetylenes is 1. The quantitative estimate of drug-likeness (QED) is 0.506. The average Bonchev–Trinajstić information content (AvgIpc) is 2.04. The zero-order valence-electron chi connectivity index (χ0n) is 6.26.